The van der Waals surface area contributed by atoms with Gasteiger partial charge in [0, 0.05) is 32.1 Å². The van der Waals surface area contributed by atoms with Crippen LogP contribution >= 0.6 is 0 Å². The van der Waals surface area contributed by atoms with E-state index in [9.17, 15) is 9.59 Å². The summed E-state index contributed by atoms with van der Waals surface area (Å²) in [5.74, 6) is 0.539. The Hall–Kier alpha value is -2.04. The molecule has 1 aromatic rings. The number of para-hydroxylation sites is 2. The predicted molar refractivity (Wildman–Crippen MR) is 101 cm³/mol. The van der Waals surface area contributed by atoms with E-state index in [1.165, 1.54) is 12.8 Å². The van der Waals surface area contributed by atoms with Crippen molar-refractivity contribution in [3.8, 4) is 0 Å². The number of anilines is 2. The second-order valence-electron chi connectivity index (χ2n) is 7.72. The molecule has 0 unspecified atom stereocenters. The number of carbonyl (C=O) groups excluding carboxylic acids is 2. The van der Waals surface area contributed by atoms with Gasteiger partial charge in [0.2, 0.25) is 11.8 Å². The minimum atomic E-state index is -0.260. The standard InChI is InChI=1S/C20H29N3O2/c1-14(2)23-13-16(12-19(23)24)20(25)21-17-6-4-5-7-18(17)22-10-8-15(3)9-11-22/h4-7,14-16H,8-13H2,1-3H3,(H,21,25)/t16-/m1/s1. The highest BCUT2D eigenvalue weighted by Crippen LogP contribution is 2.31. The molecule has 0 spiro atoms. The molecule has 1 atom stereocenters. The van der Waals surface area contributed by atoms with Crippen LogP contribution in [0.2, 0.25) is 0 Å². The molecule has 2 saturated heterocycles. The van der Waals surface area contributed by atoms with Crippen molar-refractivity contribution in [2.45, 2.75) is 46.1 Å². The van der Waals surface area contributed by atoms with Gasteiger partial charge in [-0.3, -0.25) is 9.59 Å². The summed E-state index contributed by atoms with van der Waals surface area (Å²) in [6.45, 7) is 8.85. The summed E-state index contributed by atoms with van der Waals surface area (Å²) in [5, 5.41) is 3.08. The Morgan fingerprint density at radius 3 is 2.52 bits per heavy atom. The molecular formula is C20H29N3O2. The lowest BCUT2D eigenvalue weighted by Gasteiger charge is -2.33. The van der Waals surface area contributed by atoms with Gasteiger partial charge in [0.15, 0.2) is 0 Å². The molecular weight excluding hydrogens is 314 g/mol. The van der Waals surface area contributed by atoms with E-state index in [2.05, 4.69) is 23.2 Å². The third kappa shape index (κ3) is 3.97. The molecule has 2 heterocycles. The summed E-state index contributed by atoms with van der Waals surface area (Å²) in [6, 6.07) is 8.15. The lowest BCUT2D eigenvalue weighted by molar-refractivity contribution is -0.129. The van der Waals surface area contributed by atoms with Crippen molar-refractivity contribution >= 4 is 23.2 Å². The van der Waals surface area contributed by atoms with E-state index in [0.717, 1.165) is 30.4 Å². The molecule has 2 amide bonds. The fourth-order valence-electron chi connectivity index (χ4n) is 3.75. The van der Waals surface area contributed by atoms with Gasteiger partial charge in [-0.2, -0.15) is 0 Å². The summed E-state index contributed by atoms with van der Waals surface area (Å²) >= 11 is 0. The van der Waals surface area contributed by atoms with Crippen LogP contribution in [-0.2, 0) is 9.59 Å². The van der Waals surface area contributed by atoms with Crippen LogP contribution in [-0.4, -0.2) is 42.4 Å². The molecule has 1 N–H and O–H groups in total. The Labute approximate surface area is 150 Å². The molecule has 3 rings (SSSR count). The van der Waals surface area contributed by atoms with Crippen molar-refractivity contribution in [3.05, 3.63) is 24.3 Å². The lowest BCUT2D eigenvalue weighted by atomic mass is 9.98. The van der Waals surface area contributed by atoms with Crippen LogP contribution in [0, 0.1) is 11.8 Å². The van der Waals surface area contributed by atoms with Crippen LogP contribution in [0.3, 0.4) is 0 Å². The van der Waals surface area contributed by atoms with Gasteiger partial charge in [0.1, 0.15) is 0 Å². The largest absolute Gasteiger partial charge is 0.370 e. The van der Waals surface area contributed by atoms with Gasteiger partial charge in [0.05, 0.1) is 17.3 Å². The summed E-state index contributed by atoms with van der Waals surface area (Å²) < 4.78 is 0. The Morgan fingerprint density at radius 1 is 1.20 bits per heavy atom. The molecule has 2 aliphatic rings. The van der Waals surface area contributed by atoms with Gasteiger partial charge < -0.3 is 15.1 Å². The van der Waals surface area contributed by atoms with Crippen LogP contribution < -0.4 is 10.2 Å². The third-order valence-electron chi connectivity index (χ3n) is 5.44. The van der Waals surface area contributed by atoms with Crippen molar-refractivity contribution < 1.29 is 9.59 Å². The number of likely N-dealkylation sites (tertiary alicyclic amines) is 1. The molecule has 2 fully saturated rings. The smallest absolute Gasteiger partial charge is 0.229 e. The van der Waals surface area contributed by atoms with Gasteiger partial charge in [-0.15, -0.1) is 0 Å². The minimum Gasteiger partial charge on any atom is -0.370 e. The van der Waals surface area contributed by atoms with Crippen LogP contribution in [0.5, 0.6) is 0 Å². The lowest BCUT2D eigenvalue weighted by Crippen LogP contribution is -2.34. The molecule has 5 nitrogen and oxygen atoms in total. The first-order chi connectivity index (χ1) is 12.0. The molecule has 1 aromatic carbocycles. The number of nitrogens with zero attached hydrogens (tertiary/aromatic N) is 2. The van der Waals surface area contributed by atoms with E-state index in [-0.39, 0.29) is 23.8 Å². The number of rotatable bonds is 4. The van der Waals surface area contributed by atoms with Crippen molar-refractivity contribution in [3.63, 3.8) is 0 Å². The highest BCUT2D eigenvalue weighted by atomic mass is 16.2. The summed E-state index contributed by atoms with van der Waals surface area (Å²) in [6.07, 6.45) is 2.68. The molecule has 0 aromatic heterocycles. The first-order valence-electron chi connectivity index (χ1n) is 9.40. The van der Waals surface area contributed by atoms with E-state index in [4.69, 9.17) is 0 Å². The Balaban J connectivity index is 1.69. The first kappa shape index (κ1) is 17.8. The van der Waals surface area contributed by atoms with Gasteiger partial charge in [-0.05, 0) is 44.7 Å². The summed E-state index contributed by atoms with van der Waals surface area (Å²) in [4.78, 5) is 28.9. The average molecular weight is 343 g/mol. The molecule has 0 saturated carbocycles. The van der Waals surface area contributed by atoms with Gasteiger partial charge in [-0.1, -0.05) is 19.1 Å². The Morgan fingerprint density at radius 2 is 1.88 bits per heavy atom. The van der Waals surface area contributed by atoms with Crippen molar-refractivity contribution in [2.75, 3.05) is 29.9 Å². The van der Waals surface area contributed by atoms with Gasteiger partial charge >= 0.3 is 0 Å². The predicted octanol–water partition coefficient (Wildman–Crippen LogP) is 3.12. The zero-order valence-corrected chi connectivity index (χ0v) is 15.5. The maximum atomic E-state index is 12.7. The quantitative estimate of drug-likeness (QED) is 0.914. The molecule has 5 heteroatoms. The minimum absolute atomic E-state index is 0.0469. The van der Waals surface area contributed by atoms with Crippen molar-refractivity contribution in [1.29, 1.82) is 0 Å². The van der Waals surface area contributed by atoms with E-state index in [0.29, 0.717) is 13.0 Å². The van der Waals surface area contributed by atoms with E-state index in [1.54, 1.807) is 4.90 Å². The summed E-state index contributed by atoms with van der Waals surface area (Å²) in [7, 11) is 0. The number of benzene rings is 1. The molecule has 25 heavy (non-hydrogen) atoms. The number of nitrogens with one attached hydrogen (secondary N) is 1. The highest BCUT2D eigenvalue weighted by molar-refractivity contribution is 5.99. The summed E-state index contributed by atoms with van der Waals surface area (Å²) in [5.41, 5.74) is 1.95. The third-order valence-corrected chi connectivity index (χ3v) is 5.44. The fourth-order valence-corrected chi connectivity index (χ4v) is 3.75. The maximum Gasteiger partial charge on any atom is 0.229 e. The number of carbonyl (C=O) groups is 2. The monoisotopic (exact) mass is 343 g/mol. The van der Waals surface area contributed by atoms with Crippen molar-refractivity contribution in [2.24, 2.45) is 11.8 Å². The molecule has 136 valence electrons. The topological polar surface area (TPSA) is 52.7 Å². The van der Waals surface area contributed by atoms with E-state index >= 15 is 0 Å². The first-order valence-corrected chi connectivity index (χ1v) is 9.40. The highest BCUT2D eigenvalue weighted by Gasteiger charge is 2.35. The number of hydrogen-bond donors (Lipinski definition) is 1. The van der Waals surface area contributed by atoms with Crippen LogP contribution in [0.4, 0.5) is 11.4 Å². The maximum absolute atomic E-state index is 12.7. The molecule has 0 radical (unpaired) electrons. The second kappa shape index (κ2) is 7.46. The van der Waals surface area contributed by atoms with Crippen LogP contribution in [0.1, 0.15) is 40.0 Å². The Bertz CT molecular complexity index is 636. The van der Waals surface area contributed by atoms with E-state index < -0.39 is 0 Å². The normalized spacial score (nSPS) is 21.9. The zero-order valence-electron chi connectivity index (χ0n) is 15.5. The average Bonchev–Trinajstić information content (AvgIpc) is 2.98. The fraction of sp³-hybridized carbons (Fsp3) is 0.600. The zero-order chi connectivity index (χ0) is 18.0. The molecule has 2 aliphatic heterocycles. The second-order valence-corrected chi connectivity index (χ2v) is 7.72. The number of piperidine rings is 1. The SMILES string of the molecule is CC1CCN(c2ccccc2NC(=O)[C@@H]2CC(=O)N(C(C)C)C2)CC1. The molecule has 0 bridgehead atoms. The molecule has 0 aliphatic carbocycles. The van der Waals surface area contributed by atoms with Gasteiger partial charge in [-0.25, -0.2) is 0 Å². The Kier molecular flexibility index (Phi) is 5.30. The van der Waals surface area contributed by atoms with Crippen LogP contribution in [0.25, 0.3) is 0 Å². The van der Waals surface area contributed by atoms with Gasteiger partial charge in [0.25, 0.3) is 0 Å². The van der Waals surface area contributed by atoms with Crippen LogP contribution in [0.15, 0.2) is 24.3 Å². The van der Waals surface area contributed by atoms with Crippen molar-refractivity contribution in [1.82, 2.24) is 4.90 Å². The number of amides is 2. The number of hydrogen-bond acceptors (Lipinski definition) is 3. The van der Waals surface area contributed by atoms with E-state index in [1.807, 2.05) is 32.0 Å².